The average molecular weight is 265 g/mol. The van der Waals surface area contributed by atoms with Crippen LogP contribution in [0.4, 0.5) is 0 Å². The van der Waals surface area contributed by atoms with Gasteiger partial charge in [0.25, 0.3) is 0 Å². The second kappa shape index (κ2) is 6.78. The van der Waals surface area contributed by atoms with Crippen LogP contribution in [-0.4, -0.2) is 30.1 Å². The molecule has 1 amide bonds. The quantitative estimate of drug-likeness (QED) is 0.816. The Bertz CT molecular complexity index is 439. The maximum Gasteiger partial charge on any atom is 0.326 e. The molecule has 0 saturated heterocycles. The zero-order valence-corrected chi connectivity index (χ0v) is 11.3. The van der Waals surface area contributed by atoms with Gasteiger partial charge in [0.2, 0.25) is 5.91 Å². The van der Waals surface area contributed by atoms with E-state index in [1.807, 2.05) is 0 Å². The highest BCUT2D eigenvalue weighted by atomic mass is 16.5. The molecule has 19 heavy (non-hydrogen) atoms. The van der Waals surface area contributed by atoms with Crippen LogP contribution in [0.25, 0.3) is 0 Å². The zero-order chi connectivity index (χ0) is 14.4. The highest BCUT2D eigenvalue weighted by Gasteiger charge is 2.23. The van der Waals surface area contributed by atoms with Crippen molar-refractivity contribution >= 4 is 11.9 Å². The lowest BCUT2D eigenvalue weighted by Gasteiger charge is -2.17. The van der Waals surface area contributed by atoms with Gasteiger partial charge in [0.15, 0.2) is 0 Å². The smallest absolute Gasteiger partial charge is 0.326 e. The van der Waals surface area contributed by atoms with Crippen LogP contribution < -0.4 is 10.1 Å². The minimum absolute atomic E-state index is 0.153. The van der Waals surface area contributed by atoms with Crippen molar-refractivity contribution in [1.29, 1.82) is 0 Å². The summed E-state index contributed by atoms with van der Waals surface area (Å²) >= 11 is 0. The maximum absolute atomic E-state index is 11.8. The third-order valence-electron chi connectivity index (χ3n) is 2.77. The van der Waals surface area contributed by atoms with Crippen LogP contribution in [-0.2, 0) is 16.0 Å². The van der Waals surface area contributed by atoms with Gasteiger partial charge in [0.1, 0.15) is 11.8 Å². The van der Waals surface area contributed by atoms with E-state index in [-0.39, 0.29) is 18.2 Å². The molecule has 0 saturated carbocycles. The lowest BCUT2D eigenvalue weighted by Crippen LogP contribution is -2.44. The third kappa shape index (κ3) is 4.62. The summed E-state index contributed by atoms with van der Waals surface area (Å²) in [4.78, 5) is 22.8. The third-order valence-corrected chi connectivity index (χ3v) is 2.77. The second-order valence-electron chi connectivity index (χ2n) is 4.65. The van der Waals surface area contributed by atoms with E-state index in [0.29, 0.717) is 0 Å². The van der Waals surface area contributed by atoms with Crippen LogP contribution in [0.1, 0.15) is 19.4 Å². The van der Waals surface area contributed by atoms with E-state index in [0.717, 1.165) is 11.3 Å². The van der Waals surface area contributed by atoms with Gasteiger partial charge in [-0.1, -0.05) is 26.0 Å². The number of hydrogen-bond acceptors (Lipinski definition) is 3. The number of carboxylic acids is 1. The normalized spacial score (nSPS) is 12.0. The Morgan fingerprint density at radius 1 is 1.26 bits per heavy atom. The molecule has 0 heterocycles. The number of benzene rings is 1. The van der Waals surface area contributed by atoms with Gasteiger partial charge in [0, 0.05) is 0 Å². The fourth-order valence-corrected chi connectivity index (χ4v) is 1.67. The molecule has 1 aromatic carbocycles. The average Bonchev–Trinajstić information content (AvgIpc) is 2.36. The first-order valence-electron chi connectivity index (χ1n) is 6.09. The number of amides is 1. The summed E-state index contributed by atoms with van der Waals surface area (Å²) in [6.45, 7) is 3.51. The molecule has 1 atom stereocenters. The first-order valence-corrected chi connectivity index (χ1v) is 6.09. The molecule has 0 aliphatic carbocycles. The van der Waals surface area contributed by atoms with Crippen molar-refractivity contribution in [1.82, 2.24) is 5.32 Å². The fourth-order valence-electron chi connectivity index (χ4n) is 1.67. The first-order chi connectivity index (χ1) is 8.93. The highest BCUT2D eigenvalue weighted by molar-refractivity contribution is 5.85. The van der Waals surface area contributed by atoms with Crippen molar-refractivity contribution in [2.45, 2.75) is 26.3 Å². The summed E-state index contributed by atoms with van der Waals surface area (Å²) in [5.74, 6) is -0.753. The Morgan fingerprint density at radius 2 is 1.84 bits per heavy atom. The number of carbonyl (C=O) groups is 2. The van der Waals surface area contributed by atoms with Crippen molar-refractivity contribution in [2.24, 2.45) is 5.92 Å². The second-order valence-corrected chi connectivity index (χ2v) is 4.65. The van der Waals surface area contributed by atoms with Crippen molar-refractivity contribution in [3.05, 3.63) is 29.8 Å². The number of hydrogen-bond donors (Lipinski definition) is 2. The molecule has 1 aromatic rings. The summed E-state index contributed by atoms with van der Waals surface area (Å²) in [6.07, 6.45) is 0.153. The van der Waals surface area contributed by atoms with Gasteiger partial charge in [-0.05, 0) is 23.6 Å². The molecule has 5 heteroatoms. The monoisotopic (exact) mass is 265 g/mol. The van der Waals surface area contributed by atoms with E-state index < -0.39 is 12.0 Å². The molecule has 2 N–H and O–H groups in total. The van der Waals surface area contributed by atoms with Crippen molar-refractivity contribution in [3.63, 3.8) is 0 Å². The Labute approximate surface area is 112 Å². The van der Waals surface area contributed by atoms with Gasteiger partial charge in [0.05, 0.1) is 13.5 Å². The lowest BCUT2D eigenvalue weighted by atomic mass is 10.0. The molecule has 1 unspecified atom stereocenters. The molecule has 0 bridgehead atoms. The van der Waals surface area contributed by atoms with Crippen LogP contribution in [0.15, 0.2) is 24.3 Å². The van der Waals surface area contributed by atoms with Gasteiger partial charge in [-0.25, -0.2) is 4.79 Å². The summed E-state index contributed by atoms with van der Waals surface area (Å²) in [7, 11) is 1.57. The van der Waals surface area contributed by atoms with Crippen molar-refractivity contribution in [3.8, 4) is 5.75 Å². The predicted molar refractivity (Wildman–Crippen MR) is 71.1 cm³/mol. The van der Waals surface area contributed by atoms with E-state index in [2.05, 4.69) is 5.32 Å². The molecular formula is C14H19NO4. The van der Waals surface area contributed by atoms with E-state index in [1.54, 1.807) is 45.2 Å². The first kappa shape index (κ1) is 15.0. The molecule has 0 radical (unpaired) electrons. The summed E-state index contributed by atoms with van der Waals surface area (Å²) < 4.78 is 5.02. The molecule has 5 nitrogen and oxygen atoms in total. The summed E-state index contributed by atoms with van der Waals surface area (Å²) in [5.41, 5.74) is 0.811. The van der Waals surface area contributed by atoms with E-state index >= 15 is 0 Å². The number of nitrogens with one attached hydrogen (secondary N) is 1. The fraction of sp³-hybridized carbons (Fsp3) is 0.429. The predicted octanol–water partition coefficient (Wildman–Crippen LogP) is 1.46. The van der Waals surface area contributed by atoms with Gasteiger partial charge >= 0.3 is 5.97 Å². The summed E-state index contributed by atoms with van der Waals surface area (Å²) in [5, 5.41) is 11.5. The standard InChI is InChI=1S/C14H19NO4/c1-9(2)13(14(17)18)15-12(16)8-10-4-6-11(19-3)7-5-10/h4-7,9,13H,8H2,1-3H3,(H,15,16)(H,17,18). The molecule has 1 rings (SSSR count). The van der Waals surface area contributed by atoms with E-state index in [4.69, 9.17) is 9.84 Å². The number of carbonyl (C=O) groups excluding carboxylic acids is 1. The van der Waals surface area contributed by atoms with Crippen molar-refractivity contribution in [2.75, 3.05) is 7.11 Å². The molecule has 0 aliphatic rings. The lowest BCUT2D eigenvalue weighted by molar-refractivity contribution is -0.143. The Hall–Kier alpha value is -2.04. The summed E-state index contributed by atoms with van der Waals surface area (Å²) in [6, 6.07) is 6.23. The molecule has 0 aromatic heterocycles. The largest absolute Gasteiger partial charge is 0.497 e. The van der Waals surface area contributed by atoms with Crippen LogP contribution in [0.2, 0.25) is 0 Å². The van der Waals surface area contributed by atoms with Crippen LogP contribution in [0.3, 0.4) is 0 Å². The number of aliphatic carboxylic acids is 1. The number of rotatable bonds is 6. The van der Waals surface area contributed by atoms with Crippen molar-refractivity contribution < 1.29 is 19.4 Å². The van der Waals surface area contributed by atoms with Gasteiger partial charge in [-0.15, -0.1) is 0 Å². The van der Waals surface area contributed by atoms with Gasteiger partial charge < -0.3 is 15.2 Å². The maximum atomic E-state index is 11.8. The van der Waals surface area contributed by atoms with E-state index in [9.17, 15) is 9.59 Å². The molecular weight excluding hydrogens is 246 g/mol. The molecule has 104 valence electrons. The Kier molecular flexibility index (Phi) is 5.36. The Morgan fingerprint density at radius 3 is 2.26 bits per heavy atom. The molecule has 0 fully saturated rings. The minimum atomic E-state index is -1.02. The zero-order valence-electron chi connectivity index (χ0n) is 11.3. The topological polar surface area (TPSA) is 75.6 Å². The number of carboxylic acid groups (broad SMARTS) is 1. The minimum Gasteiger partial charge on any atom is -0.497 e. The van der Waals surface area contributed by atoms with Gasteiger partial charge in [-0.2, -0.15) is 0 Å². The molecule has 0 spiro atoms. The number of ether oxygens (including phenoxy) is 1. The Balaban J connectivity index is 2.61. The van der Waals surface area contributed by atoms with Crippen LogP contribution >= 0.6 is 0 Å². The highest BCUT2D eigenvalue weighted by Crippen LogP contribution is 2.12. The van der Waals surface area contributed by atoms with Crippen LogP contribution in [0, 0.1) is 5.92 Å². The SMILES string of the molecule is COc1ccc(CC(=O)NC(C(=O)O)C(C)C)cc1. The molecule has 0 aliphatic heterocycles. The van der Waals surface area contributed by atoms with Gasteiger partial charge in [-0.3, -0.25) is 4.79 Å². The van der Waals surface area contributed by atoms with E-state index in [1.165, 1.54) is 0 Å². The number of methoxy groups -OCH3 is 1. The van der Waals surface area contributed by atoms with Crippen LogP contribution in [0.5, 0.6) is 5.75 Å².